The number of ketones is 1. The molecule has 0 heterocycles. The van der Waals surface area contributed by atoms with Gasteiger partial charge in [-0.15, -0.1) is 0 Å². The molecule has 1 aromatic carbocycles. The summed E-state index contributed by atoms with van der Waals surface area (Å²) in [4.78, 5) is 32.3. The maximum atomic E-state index is 11.5. The van der Waals surface area contributed by atoms with Crippen LogP contribution in [-0.2, 0) is 4.79 Å². The Kier molecular flexibility index (Phi) is 4.11. The highest BCUT2D eigenvalue weighted by molar-refractivity contribution is 6.00. The average molecular weight is 253 g/mol. The van der Waals surface area contributed by atoms with Gasteiger partial charge in [-0.1, -0.05) is 13.0 Å². The van der Waals surface area contributed by atoms with Crippen molar-refractivity contribution in [3.63, 3.8) is 0 Å². The largest absolute Gasteiger partial charge is 0.479 e. The van der Waals surface area contributed by atoms with E-state index in [2.05, 4.69) is 0 Å². The second-order valence-corrected chi connectivity index (χ2v) is 3.52. The molecule has 0 aliphatic heterocycles. The predicted molar refractivity (Wildman–Crippen MR) is 60.3 cm³/mol. The van der Waals surface area contributed by atoms with Crippen molar-refractivity contribution in [1.82, 2.24) is 0 Å². The van der Waals surface area contributed by atoms with E-state index >= 15 is 0 Å². The van der Waals surface area contributed by atoms with E-state index in [1.165, 1.54) is 19.1 Å². The number of aliphatic hydroxyl groups excluding tert-OH is 1. The van der Waals surface area contributed by atoms with E-state index in [4.69, 9.17) is 5.11 Å². The van der Waals surface area contributed by atoms with Crippen LogP contribution in [0.15, 0.2) is 18.2 Å². The number of benzene rings is 1. The van der Waals surface area contributed by atoms with Gasteiger partial charge >= 0.3 is 5.97 Å². The van der Waals surface area contributed by atoms with E-state index in [0.29, 0.717) is 0 Å². The van der Waals surface area contributed by atoms with Crippen LogP contribution in [0, 0.1) is 10.1 Å². The molecule has 0 aromatic heterocycles. The summed E-state index contributed by atoms with van der Waals surface area (Å²) < 4.78 is 0. The van der Waals surface area contributed by atoms with Gasteiger partial charge in [-0.3, -0.25) is 14.9 Å². The number of rotatable bonds is 5. The molecule has 0 amide bonds. The van der Waals surface area contributed by atoms with Gasteiger partial charge in [0, 0.05) is 6.42 Å². The molecule has 0 fully saturated rings. The maximum absolute atomic E-state index is 11.5. The Morgan fingerprint density at radius 3 is 2.50 bits per heavy atom. The Morgan fingerprint density at radius 1 is 1.44 bits per heavy atom. The molecule has 2 N–H and O–H groups in total. The lowest BCUT2D eigenvalue weighted by atomic mass is 9.99. The van der Waals surface area contributed by atoms with Crippen molar-refractivity contribution in [1.29, 1.82) is 0 Å². The molecule has 0 bridgehead atoms. The first-order valence-corrected chi connectivity index (χ1v) is 5.11. The van der Waals surface area contributed by atoms with E-state index in [-0.39, 0.29) is 12.0 Å². The number of hydrogen-bond donors (Lipinski definition) is 2. The van der Waals surface area contributed by atoms with Crippen molar-refractivity contribution in [2.75, 3.05) is 0 Å². The summed E-state index contributed by atoms with van der Waals surface area (Å²) in [5.41, 5.74) is -1.24. The molecular formula is C11H11NO6. The third-order valence-corrected chi connectivity index (χ3v) is 2.40. The Morgan fingerprint density at radius 2 is 2.06 bits per heavy atom. The molecule has 0 aliphatic carbocycles. The molecule has 0 radical (unpaired) electrons. The summed E-state index contributed by atoms with van der Waals surface area (Å²) in [5.74, 6) is -2.10. The Balaban J connectivity index is 3.49. The minimum Gasteiger partial charge on any atom is -0.479 e. The fourth-order valence-corrected chi connectivity index (χ4v) is 1.53. The lowest BCUT2D eigenvalue weighted by molar-refractivity contribution is -0.386. The van der Waals surface area contributed by atoms with Crippen LogP contribution in [0.2, 0.25) is 0 Å². The number of para-hydroxylation sites is 1. The third-order valence-electron chi connectivity index (χ3n) is 2.40. The molecule has 96 valence electrons. The number of carboxylic acid groups (broad SMARTS) is 1. The lowest BCUT2D eigenvalue weighted by Gasteiger charge is -2.09. The van der Waals surface area contributed by atoms with Crippen LogP contribution in [0.3, 0.4) is 0 Å². The van der Waals surface area contributed by atoms with Gasteiger partial charge in [0.2, 0.25) is 0 Å². The number of hydrogen-bond acceptors (Lipinski definition) is 5. The lowest BCUT2D eigenvalue weighted by Crippen LogP contribution is -2.14. The zero-order valence-corrected chi connectivity index (χ0v) is 9.49. The van der Waals surface area contributed by atoms with Crippen molar-refractivity contribution in [2.45, 2.75) is 19.4 Å². The molecule has 0 saturated carbocycles. The summed E-state index contributed by atoms with van der Waals surface area (Å²) >= 11 is 0. The summed E-state index contributed by atoms with van der Waals surface area (Å²) in [5, 5.41) is 29.0. The summed E-state index contributed by atoms with van der Waals surface area (Å²) in [7, 11) is 0. The van der Waals surface area contributed by atoms with Crippen molar-refractivity contribution in [3.8, 4) is 0 Å². The minimum atomic E-state index is -2.03. The number of aliphatic carboxylic acids is 1. The van der Waals surface area contributed by atoms with Crippen molar-refractivity contribution in [3.05, 3.63) is 39.4 Å². The van der Waals surface area contributed by atoms with Gasteiger partial charge in [0.25, 0.3) is 5.69 Å². The standard InChI is InChI=1S/C11H11NO6/c1-2-8(13)6-4-3-5-7(9(6)12(17)18)10(14)11(15)16/h3-5,10,14H,2H2,1H3,(H,15,16). The molecule has 0 spiro atoms. The van der Waals surface area contributed by atoms with Gasteiger partial charge in [0.1, 0.15) is 0 Å². The molecule has 1 rings (SSSR count). The predicted octanol–water partition coefficient (Wildman–Crippen LogP) is 1.31. The average Bonchev–Trinajstić information content (AvgIpc) is 2.35. The third kappa shape index (κ3) is 2.51. The van der Waals surface area contributed by atoms with Crippen LogP contribution in [-0.4, -0.2) is 26.9 Å². The number of carboxylic acids is 1. The topological polar surface area (TPSA) is 118 Å². The van der Waals surface area contributed by atoms with Crippen LogP contribution in [0.4, 0.5) is 5.69 Å². The monoisotopic (exact) mass is 253 g/mol. The zero-order valence-electron chi connectivity index (χ0n) is 9.49. The van der Waals surface area contributed by atoms with Gasteiger partial charge < -0.3 is 10.2 Å². The number of nitrogens with zero attached hydrogens (tertiary/aromatic N) is 1. The fourth-order valence-electron chi connectivity index (χ4n) is 1.53. The number of aliphatic hydroxyl groups is 1. The first kappa shape index (κ1) is 13.8. The van der Waals surface area contributed by atoms with Crippen LogP contribution in [0.1, 0.15) is 35.4 Å². The van der Waals surface area contributed by atoms with Gasteiger partial charge in [-0.2, -0.15) is 0 Å². The summed E-state index contributed by atoms with van der Waals surface area (Å²) in [6, 6.07) is 3.66. The normalized spacial score (nSPS) is 11.9. The fraction of sp³-hybridized carbons (Fsp3) is 0.273. The second kappa shape index (κ2) is 5.37. The number of nitro benzene ring substituents is 1. The molecule has 0 saturated heterocycles. The molecule has 7 nitrogen and oxygen atoms in total. The van der Waals surface area contributed by atoms with Crippen LogP contribution in [0.5, 0.6) is 0 Å². The van der Waals surface area contributed by atoms with Crippen molar-refractivity contribution >= 4 is 17.4 Å². The second-order valence-electron chi connectivity index (χ2n) is 3.52. The van der Waals surface area contributed by atoms with Crippen molar-refractivity contribution in [2.24, 2.45) is 0 Å². The molecule has 7 heteroatoms. The van der Waals surface area contributed by atoms with Crippen molar-refractivity contribution < 1.29 is 24.7 Å². The van der Waals surface area contributed by atoms with Crippen LogP contribution < -0.4 is 0 Å². The van der Waals surface area contributed by atoms with Gasteiger partial charge in [-0.25, -0.2) is 4.79 Å². The maximum Gasteiger partial charge on any atom is 0.337 e. The first-order chi connectivity index (χ1) is 8.40. The minimum absolute atomic E-state index is 0.0491. The Labute approximate surface area is 102 Å². The van der Waals surface area contributed by atoms with Crippen LogP contribution in [0.25, 0.3) is 0 Å². The number of nitro groups is 1. The van der Waals surface area contributed by atoms with Gasteiger partial charge in [0.05, 0.1) is 16.1 Å². The SMILES string of the molecule is CCC(=O)c1cccc(C(O)C(=O)O)c1[N+](=O)[O-]. The first-order valence-electron chi connectivity index (χ1n) is 5.11. The molecule has 1 aromatic rings. The van der Waals surface area contributed by atoms with Gasteiger partial charge in [0.15, 0.2) is 11.9 Å². The van der Waals surface area contributed by atoms with E-state index in [1.54, 1.807) is 0 Å². The number of Topliss-reactive ketones (excluding diaryl/α,β-unsaturated/α-hetero) is 1. The number of carbonyl (C=O) groups excluding carboxylic acids is 1. The highest BCUT2D eigenvalue weighted by atomic mass is 16.6. The summed E-state index contributed by atoms with van der Waals surface area (Å²) in [6.07, 6.45) is -1.98. The molecular weight excluding hydrogens is 242 g/mol. The van der Waals surface area contributed by atoms with E-state index < -0.39 is 34.0 Å². The molecule has 1 atom stereocenters. The Bertz CT molecular complexity index is 510. The highest BCUT2D eigenvalue weighted by Gasteiger charge is 2.30. The molecule has 18 heavy (non-hydrogen) atoms. The van der Waals surface area contributed by atoms with E-state index in [0.717, 1.165) is 6.07 Å². The Hall–Kier alpha value is -2.28. The molecule has 0 aliphatic rings. The van der Waals surface area contributed by atoms with E-state index in [1.807, 2.05) is 0 Å². The highest BCUT2D eigenvalue weighted by Crippen LogP contribution is 2.30. The van der Waals surface area contributed by atoms with E-state index in [9.17, 15) is 24.8 Å². The van der Waals surface area contributed by atoms with Gasteiger partial charge in [-0.05, 0) is 12.1 Å². The zero-order chi connectivity index (χ0) is 13.9. The van der Waals surface area contributed by atoms with Crippen LogP contribution >= 0.6 is 0 Å². The smallest absolute Gasteiger partial charge is 0.337 e. The summed E-state index contributed by atoms with van der Waals surface area (Å²) in [6.45, 7) is 1.53. The number of carbonyl (C=O) groups is 2. The molecule has 1 unspecified atom stereocenters. The quantitative estimate of drug-likeness (QED) is 0.464.